The van der Waals surface area contributed by atoms with E-state index < -0.39 is 5.76 Å². The van der Waals surface area contributed by atoms with Crippen molar-refractivity contribution >= 4 is 11.3 Å². The third kappa shape index (κ3) is 3.24. The quantitative estimate of drug-likeness (QED) is 0.503. The van der Waals surface area contributed by atoms with Gasteiger partial charge in [0, 0.05) is 5.56 Å². The Morgan fingerprint density at radius 1 is 1.19 bits per heavy atom. The van der Waals surface area contributed by atoms with E-state index in [1.54, 1.807) is 32.4 Å². The summed E-state index contributed by atoms with van der Waals surface area (Å²) in [7, 11) is 3.10. The lowest BCUT2D eigenvalue weighted by Gasteiger charge is -2.09. The molecule has 3 aromatic heterocycles. The molecule has 0 aliphatic rings. The molecule has 138 valence electrons. The number of oxazole rings is 1. The Hall–Kier alpha value is -3.33. The molecule has 4 aromatic rings. The Morgan fingerprint density at radius 3 is 2.78 bits per heavy atom. The van der Waals surface area contributed by atoms with Crippen LogP contribution in [0.4, 0.5) is 0 Å². The first-order valence-electron chi connectivity index (χ1n) is 7.97. The Balaban J connectivity index is 1.68. The summed E-state index contributed by atoms with van der Waals surface area (Å²) in [5.41, 5.74) is 1.24. The molecule has 0 spiro atoms. The van der Waals surface area contributed by atoms with Crippen molar-refractivity contribution < 1.29 is 18.4 Å². The molecular formula is C18H15N3O5S. The van der Waals surface area contributed by atoms with Crippen LogP contribution in [0.1, 0.15) is 5.69 Å². The van der Waals surface area contributed by atoms with E-state index in [1.165, 1.54) is 22.2 Å². The molecule has 9 heteroatoms. The van der Waals surface area contributed by atoms with E-state index in [-0.39, 0.29) is 6.54 Å². The van der Waals surface area contributed by atoms with Crippen LogP contribution < -0.4 is 15.2 Å². The first-order chi connectivity index (χ1) is 13.2. The van der Waals surface area contributed by atoms with Crippen LogP contribution in [0.15, 0.2) is 55.7 Å². The summed E-state index contributed by atoms with van der Waals surface area (Å²) in [6.07, 6.45) is 1.52. The normalized spacial score (nSPS) is 10.9. The summed E-state index contributed by atoms with van der Waals surface area (Å²) < 4.78 is 22.3. The van der Waals surface area contributed by atoms with Crippen molar-refractivity contribution in [3.8, 4) is 33.7 Å². The van der Waals surface area contributed by atoms with Crippen LogP contribution in [0.3, 0.4) is 0 Å². The maximum Gasteiger partial charge on any atom is 0.442 e. The first kappa shape index (κ1) is 17.1. The van der Waals surface area contributed by atoms with Crippen LogP contribution in [0.5, 0.6) is 11.5 Å². The van der Waals surface area contributed by atoms with Crippen LogP contribution in [-0.2, 0) is 6.54 Å². The highest BCUT2D eigenvalue weighted by Gasteiger charge is 2.17. The van der Waals surface area contributed by atoms with Gasteiger partial charge in [0.05, 0.1) is 31.3 Å². The van der Waals surface area contributed by atoms with Gasteiger partial charge in [0.15, 0.2) is 17.3 Å². The zero-order chi connectivity index (χ0) is 18.8. The molecule has 0 N–H and O–H groups in total. The summed E-state index contributed by atoms with van der Waals surface area (Å²) in [6, 6.07) is 9.08. The highest BCUT2D eigenvalue weighted by atomic mass is 32.1. The van der Waals surface area contributed by atoms with Gasteiger partial charge < -0.3 is 13.9 Å². The molecule has 0 aliphatic heterocycles. The molecule has 0 saturated heterocycles. The van der Waals surface area contributed by atoms with Crippen molar-refractivity contribution in [2.75, 3.05) is 14.2 Å². The van der Waals surface area contributed by atoms with E-state index in [9.17, 15) is 4.79 Å². The van der Waals surface area contributed by atoms with Gasteiger partial charge in [-0.2, -0.15) is 0 Å². The number of ether oxygens (including phenoxy) is 2. The topological polar surface area (TPSA) is 92.5 Å². The van der Waals surface area contributed by atoms with Crippen molar-refractivity contribution in [3.05, 3.63) is 58.2 Å². The largest absolute Gasteiger partial charge is 0.493 e. The van der Waals surface area contributed by atoms with Crippen molar-refractivity contribution in [2.45, 2.75) is 6.54 Å². The van der Waals surface area contributed by atoms with Gasteiger partial charge in [0.1, 0.15) is 6.26 Å². The van der Waals surface area contributed by atoms with Gasteiger partial charge in [-0.15, -0.1) is 11.3 Å². The van der Waals surface area contributed by atoms with Gasteiger partial charge in [0.25, 0.3) is 0 Å². The first-order valence-corrected chi connectivity index (χ1v) is 8.84. The van der Waals surface area contributed by atoms with E-state index in [2.05, 4.69) is 10.1 Å². The third-order valence-corrected chi connectivity index (χ3v) is 4.79. The van der Waals surface area contributed by atoms with E-state index >= 15 is 0 Å². The van der Waals surface area contributed by atoms with Crippen LogP contribution in [0.2, 0.25) is 0 Å². The van der Waals surface area contributed by atoms with Crippen molar-refractivity contribution in [1.29, 1.82) is 0 Å². The van der Waals surface area contributed by atoms with Crippen LogP contribution >= 0.6 is 11.3 Å². The number of aromatic nitrogens is 3. The van der Waals surface area contributed by atoms with Crippen LogP contribution in [0, 0.1) is 0 Å². The summed E-state index contributed by atoms with van der Waals surface area (Å²) in [4.78, 5) is 17.5. The number of thiophene rings is 1. The molecule has 0 bridgehead atoms. The molecule has 0 radical (unpaired) electrons. The minimum Gasteiger partial charge on any atom is -0.493 e. The minimum absolute atomic E-state index is 0.168. The van der Waals surface area contributed by atoms with Gasteiger partial charge in [-0.05, 0) is 29.6 Å². The molecule has 0 atom stereocenters. The lowest BCUT2D eigenvalue weighted by molar-refractivity contribution is 0.355. The maximum atomic E-state index is 12.2. The smallest absolute Gasteiger partial charge is 0.442 e. The molecular weight excluding hydrogens is 370 g/mol. The third-order valence-electron chi connectivity index (χ3n) is 3.93. The highest BCUT2D eigenvalue weighted by Crippen LogP contribution is 2.31. The predicted octanol–water partition coefficient (Wildman–Crippen LogP) is 3.29. The van der Waals surface area contributed by atoms with Gasteiger partial charge in [-0.1, -0.05) is 11.2 Å². The summed E-state index contributed by atoms with van der Waals surface area (Å²) in [6.45, 7) is 0.168. The lowest BCUT2D eigenvalue weighted by Crippen LogP contribution is -2.16. The molecule has 0 unspecified atom stereocenters. The number of benzene rings is 1. The fraction of sp³-hybridized carbons (Fsp3) is 0.167. The Labute approximate surface area is 157 Å². The molecule has 27 heavy (non-hydrogen) atoms. The van der Waals surface area contributed by atoms with E-state index in [4.69, 9.17) is 18.4 Å². The number of methoxy groups -OCH3 is 2. The molecule has 8 nitrogen and oxygen atoms in total. The van der Waals surface area contributed by atoms with Gasteiger partial charge in [0.2, 0.25) is 5.89 Å². The van der Waals surface area contributed by atoms with Crippen molar-refractivity contribution in [1.82, 2.24) is 14.7 Å². The number of nitrogens with zero attached hydrogens (tertiary/aromatic N) is 3. The zero-order valence-electron chi connectivity index (χ0n) is 14.5. The Kier molecular flexibility index (Phi) is 4.51. The minimum atomic E-state index is -0.583. The maximum absolute atomic E-state index is 12.2. The second-order valence-corrected chi connectivity index (χ2v) is 6.50. The Bertz CT molecular complexity index is 1110. The second-order valence-electron chi connectivity index (χ2n) is 5.55. The summed E-state index contributed by atoms with van der Waals surface area (Å²) in [5, 5.41) is 5.84. The monoisotopic (exact) mass is 385 g/mol. The van der Waals surface area contributed by atoms with Crippen LogP contribution in [-0.4, -0.2) is 28.9 Å². The molecule has 4 rings (SSSR count). The van der Waals surface area contributed by atoms with Crippen LogP contribution in [0.25, 0.3) is 22.2 Å². The highest BCUT2D eigenvalue weighted by molar-refractivity contribution is 7.13. The average Bonchev–Trinajstić information content (AvgIpc) is 3.43. The number of rotatable bonds is 6. The van der Waals surface area contributed by atoms with E-state index in [0.29, 0.717) is 34.5 Å². The molecule has 0 saturated carbocycles. The van der Waals surface area contributed by atoms with E-state index in [0.717, 1.165) is 4.88 Å². The zero-order valence-corrected chi connectivity index (χ0v) is 15.4. The van der Waals surface area contributed by atoms with Gasteiger partial charge >= 0.3 is 5.76 Å². The van der Waals surface area contributed by atoms with Crippen molar-refractivity contribution in [3.63, 3.8) is 0 Å². The van der Waals surface area contributed by atoms with E-state index in [1.807, 2.05) is 17.5 Å². The number of hydrogen-bond donors (Lipinski definition) is 0. The molecule has 0 amide bonds. The fourth-order valence-electron chi connectivity index (χ4n) is 2.65. The summed E-state index contributed by atoms with van der Waals surface area (Å²) in [5.74, 6) is 1.40. The molecule has 0 aliphatic carbocycles. The second kappa shape index (κ2) is 7.12. The predicted molar refractivity (Wildman–Crippen MR) is 98.2 cm³/mol. The Morgan fingerprint density at radius 2 is 2.04 bits per heavy atom. The SMILES string of the molecule is COc1ccc(-c2noc(=O)n2Cc2coc(-c3cccs3)n2)cc1OC. The number of hydrogen-bond acceptors (Lipinski definition) is 8. The molecule has 1 aromatic carbocycles. The van der Waals surface area contributed by atoms with Crippen molar-refractivity contribution in [2.24, 2.45) is 0 Å². The van der Waals surface area contributed by atoms with Gasteiger partial charge in [-0.3, -0.25) is 9.09 Å². The van der Waals surface area contributed by atoms with Gasteiger partial charge in [-0.25, -0.2) is 9.78 Å². The average molecular weight is 385 g/mol. The standard InChI is InChI=1S/C18H15N3O5S/c1-23-13-6-5-11(8-14(13)24-2)16-20-26-18(22)21(16)9-12-10-25-17(19-12)15-4-3-7-27-15/h3-8,10H,9H2,1-2H3. The molecule has 0 fully saturated rings. The lowest BCUT2D eigenvalue weighted by atomic mass is 10.2. The molecule has 3 heterocycles. The fourth-order valence-corrected chi connectivity index (χ4v) is 3.30. The summed E-state index contributed by atoms with van der Waals surface area (Å²) >= 11 is 1.53.